The third-order valence-electron chi connectivity index (χ3n) is 3.81. The van der Waals surface area contributed by atoms with Crippen molar-refractivity contribution < 1.29 is 28.8 Å². The molecule has 116 valence electrons. The summed E-state index contributed by atoms with van der Waals surface area (Å²) in [7, 11) is 0. The lowest BCUT2D eigenvalue weighted by molar-refractivity contribution is -0.251. The predicted molar refractivity (Wildman–Crippen MR) is 67.6 cm³/mol. The highest BCUT2D eigenvalue weighted by atomic mass is 16.9. The van der Waals surface area contributed by atoms with E-state index in [4.69, 9.17) is 29.4 Å². The fraction of sp³-hybridized carbons (Fsp3) is 1.00. The van der Waals surface area contributed by atoms with E-state index in [1.54, 1.807) is 0 Å². The van der Waals surface area contributed by atoms with E-state index in [0.29, 0.717) is 0 Å². The van der Waals surface area contributed by atoms with E-state index in [0.717, 1.165) is 0 Å². The largest absolute Gasteiger partial charge is 0.389 e. The molecule has 0 aliphatic carbocycles. The number of hydrogen-bond acceptors (Lipinski definition) is 7. The van der Waals surface area contributed by atoms with Gasteiger partial charge in [-0.25, -0.2) is 0 Å². The van der Waals surface area contributed by atoms with Crippen molar-refractivity contribution in [2.45, 2.75) is 76.1 Å². The minimum Gasteiger partial charge on any atom is -0.389 e. The molecule has 0 aromatic carbocycles. The lowest BCUT2D eigenvalue weighted by Gasteiger charge is -2.39. The van der Waals surface area contributed by atoms with Crippen molar-refractivity contribution in [3.05, 3.63) is 0 Å². The van der Waals surface area contributed by atoms with E-state index in [1.165, 1.54) is 0 Å². The van der Waals surface area contributed by atoms with Gasteiger partial charge in [-0.1, -0.05) is 0 Å². The second-order valence-electron chi connectivity index (χ2n) is 6.44. The van der Waals surface area contributed by atoms with Crippen LogP contribution >= 0.6 is 0 Å². The van der Waals surface area contributed by atoms with Crippen LogP contribution in [0.4, 0.5) is 0 Å². The number of aliphatic hydroxyl groups excluding tert-OH is 1. The normalized spacial score (nSPS) is 46.8. The molecule has 0 bridgehead atoms. The monoisotopic (exact) mass is 289 g/mol. The molecular weight excluding hydrogens is 266 g/mol. The Bertz CT molecular complexity index is 387. The summed E-state index contributed by atoms with van der Waals surface area (Å²) in [6, 6.07) is 0. The second kappa shape index (κ2) is 4.61. The zero-order chi connectivity index (χ0) is 14.7. The lowest BCUT2D eigenvalue weighted by Crippen LogP contribution is -2.59. The standard InChI is InChI=1S/C13H23NO6/c1-12(2)17-8-7(6(15)5-14)16-11-10(9(8)18-12)19-13(3,4)20-11/h6-11,15H,5,14H2,1-4H3/t6-,7-,8+,9+,10-,11-/m1/s1. The molecule has 0 amide bonds. The number of hydrogen-bond donors (Lipinski definition) is 2. The van der Waals surface area contributed by atoms with E-state index in [1.807, 2.05) is 27.7 Å². The molecule has 6 atom stereocenters. The van der Waals surface area contributed by atoms with E-state index in [9.17, 15) is 5.11 Å². The Kier molecular flexibility index (Phi) is 3.37. The van der Waals surface area contributed by atoms with Gasteiger partial charge in [-0.2, -0.15) is 0 Å². The summed E-state index contributed by atoms with van der Waals surface area (Å²) in [5.41, 5.74) is 5.55. The van der Waals surface area contributed by atoms with Crippen molar-refractivity contribution in [1.29, 1.82) is 0 Å². The first-order valence-corrected chi connectivity index (χ1v) is 6.97. The third-order valence-corrected chi connectivity index (χ3v) is 3.81. The summed E-state index contributed by atoms with van der Waals surface area (Å²) in [6.45, 7) is 7.37. The number of fused-ring (bicyclic) bond motifs is 3. The molecule has 3 aliphatic rings. The zero-order valence-electron chi connectivity index (χ0n) is 12.2. The molecule has 20 heavy (non-hydrogen) atoms. The van der Waals surface area contributed by atoms with Gasteiger partial charge >= 0.3 is 0 Å². The zero-order valence-corrected chi connectivity index (χ0v) is 12.2. The number of aliphatic hydroxyl groups is 1. The Morgan fingerprint density at radius 3 is 2.15 bits per heavy atom. The van der Waals surface area contributed by atoms with E-state index in [2.05, 4.69) is 0 Å². The number of nitrogens with two attached hydrogens (primary N) is 1. The average molecular weight is 289 g/mol. The molecule has 0 unspecified atom stereocenters. The molecule has 3 heterocycles. The first kappa shape index (κ1) is 14.6. The van der Waals surface area contributed by atoms with Gasteiger partial charge < -0.3 is 34.5 Å². The quantitative estimate of drug-likeness (QED) is 0.721. The Hall–Kier alpha value is -0.280. The molecule has 3 N–H and O–H groups in total. The first-order valence-electron chi connectivity index (χ1n) is 6.97. The molecule has 0 saturated carbocycles. The van der Waals surface area contributed by atoms with Crippen molar-refractivity contribution in [1.82, 2.24) is 0 Å². The summed E-state index contributed by atoms with van der Waals surface area (Å²) in [4.78, 5) is 0. The topological polar surface area (TPSA) is 92.4 Å². The minimum atomic E-state index is -0.840. The van der Waals surface area contributed by atoms with Gasteiger partial charge in [0, 0.05) is 6.54 Å². The van der Waals surface area contributed by atoms with Crippen LogP contribution < -0.4 is 5.73 Å². The molecule has 0 aromatic heterocycles. The van der Waals surface area contributed by atoms with Crippen LogP contribution in [0.1, 0.15) is 27.7 Å². The van der Waals surface area contributed by atoms with E-state index < -0.39 is 36.2 Å². The molecule has 0 radical (unpaired) electrons. The van der Waals surface area contributed by atoms with Crippen molar-refractivity contribution in [3.63, 3.8) is 0 Å². The van der Waals surface area contributed by atoms with Gasteiger partial charge in [0.15, 0.2) is 17.9 Å². The maximum absolute atomic E-state index is 10.1. The molecule has 0 spiro atoms. The van der Waals surface area contributed by atoms with Crippen LogP contribution in [0.25, 0.3) is 0 Å². The maximum atomic E-state index is 10.1. The van der Waals surface area contributed by atoms with Crippen molar-refractivity contribution in [2.24, 2.45) is 5.73 Å². The van der Waals surface area contributed by atoms with Gasteiger partial charge in [-0.05, 0) is 27.7 Å². The summed E-state index contributed by atoms with van der Waals surface area (Å²) in [6.07, 6.45) is -3.18. The van der Waals surface area contributed by atoms with Crippen molar-refractivity contribution in [2.75, 3.05) is 6.54 Å². The Morgan fingerprint density at radius 2 is 1.50 bits per heavy atom. The van der Waals surface area contributed by atoms with E-state index >= 15 is 0 Å². The smallest absolute Gasteiger partial charge is 0.190 e. The van der Waals surface area contributed by atoms with Crippen LogP contribution in [0.3, 0.4) is 0 Å². The summed E-state index contributed by atoms with van der Waals surface area (Å²) in [5.74, 6) is -1.51. The van der Waals surface area contributed by atoms with Crippen LogP contribution in [-0.4, -0.2) is 60.0 Å². The summed E-state index contributed by atoms with van der Waals surface area (Å²) >= 11 is 0. The molecular formula is C13H23NO6. The lowest BCUT2D eigenvalue weighted by atomic mass is 9.95. The second-order valence-corrected chi connectivity index (χ2v) is 6.44. The van der Waals surface area contributed by atoms with Gasteiger partial charge in [0.25, 0.3) is 0 Å². The maximum Gasteiger partial charge on any atom is 0.190 e. The predicted octanol–water partition coefficient (Wildman–Crippen LogP) is -0.297. The van der Waals surface area contributed by atoms with Crippen LogP contribution in [-0.2, 0) is 23.7 Å². The van der Waals surface area contributed by atoms with Crippen molar-refractivity contribution >= 4 is 0 Å². The van der Waals surface area contributed by atoms with Crippen LogP contribution in [0.2, 0.25) is 0 Å². The fourth-order valence-corrected chi connectivity index (χ4v) is 3.09. The van der Waals surface area contributed by atoms with Crippen LogP contribution in [0, 0.1) is 0 Å². The highest BCUT2D eigenvalue weighted by molar-refractivity contribution is 5.01. The first-order chi connectivity index (χ1) is 9.22. The molecule has 7 nitrogen and oxygen atoms in total. The summed E-state index contributed by atoms with van der Waals surface area (Å²) in [5, 5.41) is 10.1. The van der Waals surface area contributed by atoms with E-state index in [-0.39, 0.29) is 18.8 Å². The van der Waals surface area contributed by atoms with Gasteiger partial charge in [0.2, 0.25) is 0 Å². The van der Waals surface area contributed by atoms with Crippen LogP contribution in [0.5, 0.6) is 0 Å². The summed E-state index contributed by atoms with van der Waals surface area (Å²) < 4.78 is 29.2. The van der Waals surface area contributed by atoms with Gasteiger partial charge in [-0.15, -0.1) is 0 Å². The highest BCUT2D eigenvalue weighted by Crippen LogP contribution is 2.44. The average Bonchev–Trinajstić information content (AvgIpc) is 2.81. The van der Waals surface area contributed by atoms with Gasteiger partial charge in [-0.3, -0.25) is 0 Å². The Labute approximate surface area is 118 Å². The molecule has 3 aliphatic heterocycles. The Morgan fingerprint density at radius 1 is 0.950 bits per heavy atom. The highest BCUT2D eigenvalue weighted by Gasteiger charge is 2.61. The van der Waals surface area contributed by atoms with Crippen molar-refractivity contribution in [3.8, 4) is 0 Å². The number of rotatable bonds is 2. The molecule has 3 saturated heterocycles. The fourth-order valence-electron chi connectivity index (χ4n) is 3.09. The minimum absolute atomic E-state index is 0.0827. The molecule has 3 fully saturated rings. The Balaban J connectivity index is 1.88. The van der Waals surface area contributed by atoms with Crippen LogP contribution in [0.15, 0.2) is 0 Å². The number of ether oxygens (including phenoxy) is 5. The SMILES string of the molecule is CC1(C)O[C@@H]2[C@H](O1)[C@H]1OC(C)(C)O[C@H]1O[C@@H]2[C@H](O)CN. The van der Waals surface area contributed by atoms with Gasteiger partial charge in [0.05, 0.1) is 6.10 Å². The molecule has 3 rings (SSSR count). The van der Waals surface area contributed by atoms with Gasteiger partial charge in [0.1, 0.15) is 24.4 Å². The molecule has 7 heteroatoms. The third kappa shape index (κ3) is 2.37. The molecule has 0 aromatic rings.